The Kier molecular flexibility index (Phi) is 8.11. The molecule has 3 aromatic rings. The third kappa shape index (κ3) is 5.55. The van der Waals surface area contributed by atoms with Crippen LogP contribution in [-0.2, 0) is 10.0 Å². The second-order valence-electron chi connectivity index (χ2n) is 6.77. The number of rotatable bonds is 11. The summed E-state index contributed by atoms with van der Waals surface area (Å²) in [6.45, 7) is 4.32. The van der Waals surface area contributed by atoms with Crippen molar-refractivity contribution in [2.24, 2.45) is 0 Å². The minimum atomic E-state index is -3.62. The Labute approximate surface area is 197 Å². The molecule has 176 valence electrons. The van der Waals surface area contributed by atoms with Crippen LogP contribution in [0.5, 0.6) is 11.5 Å². The summed E-state index contributed by atoms with van der Waals surface area (Å²) >= 11 is 1.09. The number of Topliss-reactive ketones (excluding diaryl/α,β-unsaturated/α-hetero) is 1. The summed E-state index contributed by atoms with van der Waals surface area (Å²) in [6, 6.07) is 11.3. The van der Waals surface area contributed by atoms with E-state index >= 15 is 0 Å². The largest absolute Gasteiger partial charge is 0.497 e. The first kappa shape index (κ1) is 24.7. The Morgan fingerprint density at radius 1 is 1.06 bits per heavy atom. The van der Waals surface area contributed by atoms with Crippen LogP contribution in [0.1, 0.15) is 24.2 Å². The Morgan fingerprint density at radius 3 is 2.48 bits per heavy atom. The van der Waals surface area contributed by atoms with E-state index in [4.69, 9.17) is 13.9 Å². The summed E-state index contributed by atoms with van der Waals surface area (Å²) in [6.07, 6.45) is 0. The maximum Gasteiger partial charge on any atom is 0.277 e. The first-order valence-electron chi connectivity index (χ1n) is 10.2. The van der Waals surface area contributed by atoms with Crippen molar-refractivity contribution >= 4 is 27.6 Å². The lowest BCUT2D eigenvalue weighted by atomic mass is 10.1. The predicted molar refractivity (Wildman–Crippen MR) is 124 cm³/mol. The number of hydrogen-bond donors (Lipinski definition) is 0. The van der Waals surface area contributed by atoms with Gasteiger partial charge in [-0.05, 0) is 30.3 Å². The Hall–Kier alpha value is -2.89. The molecule has 0 aliphatic heterocycles. The summed E-state index contributed by atoms with van der Waals surface area (Å²) in [4.78, 5) is 12.8. The number of ketones is 1. The zero-order valence-electron chi connectivity index (χ0n) is 18.8. The van der Waals surface area contributed by atoms with Gasteiger partial charge in [0.1, 0.15) is 11.5 Å². The SMILES string of the molecule is CCN(CC)S(=O)(=O)c1cccc(-c2nnc(SCC(=O)c3ccc(OC)cc3OC)o2)c1. The molecule has 1 aromatic heterocycles. The van der Waals surface area contributed by atoms with E-state index in [0.717, 1.165) is 11.8 Å². The Morgan fingerprint density at radius 2 is 1.82 bits per heavy atom. The zero-order chi connectivity index (χ0) is 24.0. The molecule has 0 saturated carbocycles. The second kappa shape index (κ2) is 10.8. The molecule has 3 rings (SSSR count). The van der Waals surface area contributed by atoms with E-state index in [2.05, 4.69) is 10.2 Å². The fraction of sp³-hybridized carbons (Fsp3) is 0.318. The molecular formula is C22H25N3O6S2. The lowest BCUT2D eigenvalue weighted by molar-refractivity contribution is 0.101. The maximum absolute atomic E-state index is 12.8. The molecule has 0 amide bonds. The highest BCUT2D eigenvalue weighted by atomic mass is 32.2. The van der Waals surface area contributed by atoms with Gasteiger partial charge in [0.15, 0.2) is 5.78 Å². The minimum absolute atomic E-state index is 0.0563. The van der Waals surface area contributed by atoms with Crippen molar-refractivity contribution in [3.05, 3.63) is 48.0 Å². The number of methoxy groups -OCH3 is 2. The van der Waals surface area contributed by atoms with E-state index in [0.29, 0.717) is 35.7 Å². The standard InChI is InChI=1S/C22H25N3O6S2/c1-5-25(6-2)33(27,28)17-9-7-8-15(12-17)21-23-24-22(31-21)32-14-19(26)18-11-10-16(29-3)13-20(18)30-4/h7-13H,5-6,14H2,1-4H3. The highest BCUT2D eigenvalue weighted by molar-refractivity contribution is 7.99. The molecule has 0 bridgehead atoms. The van der Waals surface area contributed by atoms with Crippen LogP contribution in [-0.4, -0.2) is 61.8 Å². The van der Waals surface area contributed by atoms with Crippen molar-refractivity contribution in [1.82, 2.24) is 14.5 Å². The fourth-order valence-electron chi connectivity index (χ4n) is 3.12. The van der Waals surface area contributed by atoms with E-state index in [-0.39, 0.29) is 27.5 Å². The first-order valence-corrected chi connectivity index (χ1v) is 12.6. The molecule has 11 heteroatoms. The number of nitrogens with zero attached hydrogens (tertiary/aromatic N) is 3. The molecule has 0 unspecified atom stereocenters. The number of thioether (sulfide) groups is 1. The Balaban J connectivity index is 1.74. The second-order valence-corrected chi connectivity index (χ2v) is 9.63. The molecule has 0 aliphatic rings. The van der Waals surface area contributed by atoms with Gasteiger partial charge in [0.2, 0.25) is 15.9 Å². The molecule has 1 heterocycles. The smallest absolute Gasteiger partial charge is 0.277 e. The first-order chi connectivity index (χ1) is 15.8. The molecule has 0 saturated heterocycles. The molecule has 0 N–H and O–H groups in total. The van der Waals surface area contributed by atoms with Crippen LogP contribution >= 0.6 is 11.8 Å². The van der Waals surface area contributed by atoms with Crippen molar-refractivity contribution < 1.29 is 27.1 Å². The lowest BCUT2D eigenvalue weighted by Gasteiger charge is -2.18. The van der Waals surface area contributed by atoms with Crippen molar-refractivity contribution in [2.75, 3.05) is 33.1 Å². The number of benzene rings is 2. The molecule has 0 aliphatic carbocycles. The van der Waals surface area contributed by atoms with Crippen LogP contribution < -0.4 is 9.47 Å². The van der Waals surface area contributed by atoms with Gasteiger partial charge in [-0.3, -0.25) is 4.79 Å². The number of aromatic nitrogens is 2. The molecule has 0 spiro atoms. The summed E-state index contributed by atoms with van der Waals surface area (Å²) in [7, 11) is -0.597. The number of ether oxygens (including phenoxy) is 2. The maximum atomic E-state index is 12.8. The van der Waals surface area contributed by atoms with Crippen molar-refractivity contribution in [2.45, 2.75) is 24.0 Å². The summed E-state index contributed by atoms with van der Waals surface area (Å²) in [5.74, 6) is 1.05. The third-order valence-electron chi connectivity index (χ3n) is 4.87. The average molecular weight is 492 g/mol. The molecule has 9 nitrogen and oxygen atoms in total. The molecule has 2 aromatic carbocycles. The van der Waals surface area contributed by atoms with Gasteiger partial charge < -0.3 is 13.9 Å². The van der Waals surface area contributed by atoms with Gasteiger partial charge >= 0.3 is 0 Å². The topological polar surface area (TPSA) is 112 Å². The summed E-state index contributed by atoms with van der Waals surface area (Å²) < 4.78 is 43.0. The van der Waals surface area contributed by atoms with Crippen molar-refractivity contribution in [3.63, 3.8) is 0 Å². The molecule has 33 heavy (non-hydrogen) atoms. The molecular weight excluding hydrogens is 466 g/mol. The monoisotopic (exact) mass is 491 g/mol. The van der Waals surface area contributed by atoms with Crippen molar-refractivity contribution in [1.29, 1.82) is 0 Å². The molecule has 0 fully saturated rings. The highest BCUT2D eigenvalue weighted by Gasteiger charge is 2.23. The van der Waals surface area contributed by atoms with Crippen LogP contribution in [0.3, 0.4) is 0 Å². The average Bonchev–Trinajstić information content (AvgIpc) is 3.32. The number of hydrogen-bond acceptors (Lipinski definition) is 9. The van der Waals surface area contributed by atoms with Gasteiger partial charge in [0.25, 0.3) is 5.22 Å². The normalized spacial score (nSPS) is 11.5. The van der Waals surface area contributed by atoms with E-state index in [1.165, 1.54) is 30.7 Å². The summed E-state index contributed by atoms with van der Waals surface area (Å²) in [5.41, 5.74) is 0.894. The van der Waals surface area contributed by atoms with Crippen LogP contribution in [0.2, 0.25) is 0 Å². The van der Waals surface area contributed by atoms with Gasteiger partial charge in [0, 0.05) is 24.7 Å². The fourth-order valence-corrected chi connectivity index (χ4v) is 5.27. The van der Waals surface area contributed by atoms with E-state index in [1.54, 1.807) is 44.2 Å². The van der Waals surface area contributed by atoms with E-state index in [1.807, 2.05) is 0 Å². The van der Waals surface area contributed by atoms with Crippen LogP contribution in [0.25, 0.3) is 11.5 Å². The van der Waals surface area contributed by atoms with Gasteiger partial charge in [0.05, 0.1) is 30.4 Å². The van der Waals surface area contributed by atoms with Gasteiger partial charge in [-0.15, -0.1) is 10.2 Å². The minimum Gasteiger partial charge on any atom is -0.497 e. The quantitative estimate of drug-likeness (QED) is 0.292. The van der Waals surface area contributed by atoms with E-state index < -0.39 is 10.0 Å². The van der Waals surface area contributed by atoms with Gasteiger partial charge in [-0.1, -0.05) is 31.7 Å². The van der Waals surface area contributed by atoms with E-state index in [9.17, 15) is 13.2 Å². The van der Waals surface area contributed by atoms with Gasteiger partial charge in [-0.2, -0.15) is 4.31 Å². The highest BCUT2D eigenvalue weighted by Crippen LogP contribution is 2.29. The third-order valence-corrected chi connectivity index (χ3v) is 7.73. The molecule has 0 radical (unpaired) electrons. The Bertz CT molecular complexity index is 1220. The van der Waals surface area contributed by atoms with Gasteiger partial charge in [-0.25, -0.2) is 8.42 Å². The van der Waals surface area contributed by atoms with Crippen LogP contribution in [0.15, 0.2) is 57.0 Å². The van der Waals surface area contributed by atoms with Crippen LogP contribution in [0, 0.1) is 0 Å². The lowest BCUT2D eigenvalue weighted by Crippen LogP contribution is -2.30. The number of carbonyl (C=O) groups is 1. The number of sulfonamides is 1. The predicted octanol–water partition coefficient (Wildman–Crippen LogP) is 3.76. The summed E-state index contributed by atoms with van der Waals surface area (Å²) in [5, 5.41) is 8.17. The van der Waals surface area contributed by atoms with Crippen LogP contribution in [0.4, 0.5) is 0 Å². The zero-order valence-corrected chi connectivity index (χ0v) is 20.4. The molecule has 0 atom stereocenters. The number of carbonyl (C=O) groups excluding carboxylic acids is 1. The van der Waals surface area contributed by atoms with Crippen molar-refractivity contribution in [3.8, 4) is 23.0 Å².